The topological polar surface area (TPSA) is 97.3 Å². The largest absolute Gasteiger partial charge is 0.388 e. The van der Waals surface area contributed by atoms with Gasteiger partial charge in [0.2, 0.25) is 5.91 Å². The van der Waals surface area contributed by atoms with Crippen molar-refractivity contribution in [2.75, 3.05) is 6.61 Å². The van der Waals surface area contributed by atoms with Gasteiger partial charge in [-0.1, -0.05) is 30.3 Å². The van der Waals surface area contributed by atoms with E-state index < -0.39 is 36.9 Å². The molecule has 0 bridgehead atoms. The van der Waals surface area contributed by atoms with Crippen molar-refractivity contribution in [3.63, 3.8) is 0 Å². The van der Waals surface area contributed by atoms with Gasteiger partial charge in [-0.2, -0.15) is 0 Å². The molecule has 1 aromatic carbocycles. The fourth-order valence-corrected chi connectivity index (χ4v) is 2.78. The average molecular weight is 309 g/mol. The number of carbonyl (C=O) groups is 1. The summed E-state index contributed by atoms with van der Waals surface area (Å²) in [4.78, 5) is 11.2. The first-order chi connectivity index (χ1) is 10.6. The fourth-order valence-electron chi connectivity index (χ4n) is 2.78. The molecule has 0 aliphatic carbocycles. The second kappa shape index (κ2) is 6.31. The van der Waals surface area contributed by atoms with Gasteiger partial charge in [0.1, 0.15) is 24.4 Å². The molecule has 6 atom stereocenters. The standard InChI is InChI=1S/C15H19NO6/c1-8(17)16-11-12(18)13-10(21-14(11)19)7-20-15(22-13)9-5-3-2-4-6-9/h2-6,10-15,18-19H,7H2,1H3,(H,16,17)/t10-,11-,12+,13+,14-,15-/m0/s1. The minimum atomic E-state index is -1.30. The summed E-state index contributed by atoms with van der Waals surface area (Å²) in [5.41, 5.74) is 0.829. The minimum absolute atomic E-state index is 0.186. The predicted molar refractivity (Wildman–Crippen MR) is 74.5 cm³/mol. The van der Waals surface area contributed by atoms with Crippen LogP contribution in [0.5, 0.6) is 0 Å². The Morgan fingerprint density at radius 3 is 2.64 bits per heavy atom. The van der Waals surface area contributed by atoms with Crippen LogP contribution >= 0.6 is 0 Å². The first kappa shape index (κ1) is 15.4. The van der Waals surface area contributed by atoms with E-state index in [4.69, 9.17) is 14.2 Å². The van der Waals surface area contributed by atoms with Crippen molar-refractivity contribution in [2.24, 2.45) is 0 Å². The monoisotopic (exact) mass is 309 g/mol. The Labute approximate surface area is 127 Å². The van der Waals surface area contributed by atoms with Crippen LogP contribution in [0.3, 0.4) is 0 Å². The number of ether oxygens (including phenoxy) is 3. The lowest BCUT2D eigenvalue weighted by atomic mass is 9.96. The van der Waals surface area contributed by atoms with Gasteiger partial charge in [-0.15, -0.1) is 0 Å². The maximum atomic E-state index is 11.2. The zero-order chi connectivity index (χ0) is 15.7. The summed E-state index contributed by atoms with van der Waals surface area (Å²) in [6, 6.07) is 8.41. The second-order valence-corrected chi connectivity index (χ2v) is 5.46. The second-order valence-electron chi connectivity index (χ2n) is 5.46. The maximum Gasteiger partial charge on any atom is 0.217 e. The van der Waals surface area contributed by atoms with Crippen LogP contribution in [0.25, 0.3) is 0 Å². The number of carbonyl (C=O) groups excluding carboxylic acids is 1. The van der Waals surface area contributed by atoms with Gasteiger partial charge in [-0.3, -0.25) is 4.79 Å². The molecule has 0 unspecified atom stereocenters. The number of hydrogen-bond acceptors (Lipinski definition) is 6. The van der Waals surface area contributed by atoms with Crippen LogP contribution in [0.1, 0.15) is 18.8 Å². The number of amides is 1. The average Bonchev–Trinajstić information content (AvgIpc) is 2.52. The van der Waals surface area contributed by atoms with E-state index in [1.807, 2.05) is 30.3 Å². The molecule has 3 N–H and O–H groups in total. The van der Waals surface area contributed by atoms with E-state index in [2.05, 4.69) is 5.32 Å². The summed E-state index contributed by atoms with van der Waals surface area (Å²) in [7, 11) is 0. The normalized spacial score (nSPS) is 38.1. The van der Waals surface area contributed by atoms with E-state index >= 15 is 0 Å². The van der Waals surface area contributed by atoms with Gasteiger partial charge in [0.15, 0.2) is 12.6 Å². The molecular formula is C15H19NO6. The molecule has 0 radical (unpaired) electrons. The third-order valence-electron chi connectivity index (χ3n) is 3.83. The van der Waals surface area contributed by atoms with Crippen molar-refractivity contribution in [2.45, 2.75) is 43.9 Å². The highest BCUT2D eigenvalue weighted by Crippen LogP contribution is 2.33. The molecule has 2 aliphatic rings. The number of nitrogens with one attached hydrogen (secondary N) is 1. The van der Waals surface area contributed by atoms with Gasteiger partial charge in [-0.25, -0.2) is 0 Å². The highest BCUT2D eigenvalue weighted by Gasteiger charge is 2.49. The van der Waals surface area contributed by atoms with E-state index in [0.717, 1.165) is 5.56 Å². The lowest BCUT2D eigenvalue weighted by molar-refractivity contribution is -0.337. The molecule has 2 saturated heterocycles. The van der Waals surface area contributed by atoms with Crippen LogP contribution in [0.4, 0.5) is 0 Å². The highest BCUT2D eigenvalue weighted by atomic mass is 16.7. The molecule has 120 valence electrons. The van der Waals surface area contributed by atoms with Crippen LogP contribution < -0.4 is 5.32 Å². The smallest absolute Gasteiger partial charge is 0.217 e. The Bertz CT molecular complexity index is 524. The van der Waals surface area contributed by atoms with Crippen LogP contribution in [0, 0.1) is 0 Å². The van der Waals surface area contributed by atoms with E-state index in [-0.39, 0.29) is 12.5 Å². The molecule has 2 heterocycles. The van der Waals surface area contributed by atoms with E-state index in [9.17, 15) is 15.0 Å². The van der Waals surface area contributed by atoms with Crippen molar-refractivity contribution in [3.8, 4) is 0 Å². The van der Waals surface area contributed by atoms with Crippen LogP contribution in [-0.2, 0) is 19.0 Å². The zero-order valence-electron chi connectivity index (χ0n) is 12.1. The number of benzene rings is 1. The van der Waals surface area contributed by atoms with Crippen molar-refractivity contribution in [3.05, 3.63) is 35.9 Å². The molecule has 1 amide bonds. The maximum absolute atomic E-state index is 11.2. The first-order valence-corrected chi connectivity index (χ1v) is 7.17. The lowest BCUT2D eigenvalue weighted by Crippen LogP contribution is -2.66. The molecule has 0 saturated carbocycles. The Morgan fingerprint density at radius 2 is 1.95 bits per heavy atom. The fraction of sp³-hybridized carbons (Fsp3) is 0.533. The molecule has 7 heteroatoms. The van der Waals surface area contributed by atoms with Crippen molar-refractivity contribution < 1.29 is 29.2 Å². The van der Waals surface area contributed by atoms with Crippen LogP contribution in [0.2, 0.25) is 0 Å². The van der Waals surface area contributed by atoms with Crippen molar-refractivity contribution >= 4 is 5.91 Å². The molecule has 0 spiro atoms. The van der Waals surface area contributed by atoms with Gasteiger partial charge in [0, 0.05) is 12.5 Å². The Morgan fingerprint density at radius 1 is 1.23 bits per heavy atom. The summed E-state index contributed by atoms with van der Waals surface area (Å²) in [5, 5.41) is 22.8. The van der Waals surface area contributed by atoms with Crippen LogP contribution in [-0.4, -0.2) is 53.4 Å². The van der Waals surface area contributed by atoms with Crippen LogP contribution in [0.15, 0.2) is 30.3 Å². The minimum Gasteiger partial charge on any atom is -0.388 e. The van der Waals surface area contributed by atoms with E-state index in [1.54, 1.807) is 0 Å². The van der Waals surface area contributed by atoms with Gasteiger partial charge >= 0.3 is 0 Å². The predicted octanol–water partition coefficient (Wildman–Crippen LogP) is -0.317. The molecule has 2 aliphatic heterocycles. The molecular weight excluding hydrogens is 290 g/mol. The number of aliphatic hydroxyl groups excluding tert-OH is 2. The summed E-state index contributed by atoms with van der Waals surface area (Å²) in [5.74, 6) is -0.364. The third kappa shape index (κ3) is 2.99. The van der Waals surface area contributed by atoms with Gasteiger partial charge < -0.3 is 29.7 Å². The summed E-state index contributed by atoms with van der Waals surface area (Å²) >= 11 is 0. The first-order valence-electron chi connectivity index (χ1n) is 7.17. The number of aliphatic hydroxyl groups is 2. The Balaban J connectivity index is 1.75. The number of rotatable bonds is 2. The quantitative estimate of drug-likeness (QED) is 0.693. The van der Waals surface area contributed by atoms with Crippen molar-refractivity contribution in [1.29, 1.82) is 0 Å². The molecule has 0 aromatic heterocycles. The summed E-state index contributed by atoms with van der Waals surface area (Å²) in [6.45, 7) is 1.49. The lowest BCUT2D eigenvalue weighted by Gasteiger charge is -2.46. The zero-order valence-corrected chi connectivity index (χ0v) is 12.1. The summed E-state index contributed by atoms with van der Waals surface area (Å²) < 4.78 is 16.8. The van der Waals surface area contributed by atoms with Gasteiger partial charge in [0.25, 0.3) is 0 Å². The summed E-state index contributed by atoms with van der Waals surface area (Å²) in [6.07, 6.45) is -4.29. The Kier molecular flexibility index (Phi) is 4.42. The number of fused-ring (bicyclic) bond motifs is 1. The van der Waals surface area contributed by atoms with E-state index in [1.165, 1.54) is 6.92 Å². The molecule has 3 rings (SSSR count). The highest BCUT2D eigenvalue weighted by molar-refractivity contribution is 5.73. The Hall–Kier alpha value is -1.51. The molecule has 2 fully saturated rings. The van der Waals surface area contributed by atoms with Gasteiger partial charge in [-0.05, 0) is 0 Å². The molecule has 1 aromatic rings. The third-order valence-corrected chi connectivity index (χ3v) is 3.83. The molecule has 7 nitrogen and oxygen atoms in total. The number of hydrogen-bond donors (Lipinski definition) is 3. The SMILES string of the molecule is CC(=O)N[C@H]1[C@@H](O)[C@@H]2O[C@@H](c3ccccc3)OC[C@@H]2O[C@@H]1O. The molecule has 22 heavy (non-hydrogen) atoms. The van der Waals surface area contributed by atoms with E-state index in [0.29, 0.717) is 0 Å². The van der Waals surface area contributed by atoms with Crippen molar-refractivity contribution in [1.82, 2.24) is 5.32 Å². The van der Waals surface area contributed by atoms with Gasteiger partial charge in [0.05, 0.1) is 6.61 Å².